The molecular formula is C14H12N4O4. The van der Waals surface area contributed by atoms with Crippen LogP contribution in [0.15, 0.2) is 36.5 Å². The number of pyridine rings is 1. The molecule has 1 aromatic carbocycles. The number of phenolic OH excluding ortho intramolecular Hbond substituents is 1. The Bertz CT molecular complexity index is 728. The van der Waals surface area contributed by atoms with Crippen molar-refractivity contribution in [2.24, 2.45) is 5.73 Å². The fourth-order valence-electron chi connectivity index (χ4n) is 1.68. The lowest BCUT2D eigenvalue weighted by Gasteiger charge is -2.10. The van der Waals surface area contributed by atoms with E-state index in [9.17, 15) is 19.5 Å². The van der Waals surface area contributed by atoms with E-state index in [4.69, 9.17) is 5.73 Å². The molecule has 0 radical (unpaired) electrons. The number of amides is 3. The standard InChI is InChI=1S/C14H12N4O4/c15-13(21)8-4-5-11(16-6-8)14(22)18-10-3-1-2-9(12(10)20)17-7-19/h1-7,20H,(H2,15,21)(H,17,19)(H,18,22). The number of aromatic nitrogens is 1. The summed E-state index contributed by atoms with van der Waals surface area (Å²) in [6, 6.07) is 7.18. The molecule has 5 N–H and O–H groups in total. The molecule has 0 bridgehead atoms. The fourth-order valence-corrected chi connectivity index (χ4v) is 1.68. The van der Waals surface area contributed by atoms with Crippen molar-refractivity contribution in [3.8, 4) is 5.75 Å². The lowest BCUT2D eigenvalue weighted by atomic mass is 10.2. The number of carbonyl (C=O) groups is 3. The molecule has 0 unspecified atom stereocenters. The molecule has 0 fully saturated rings. The van der Waals surface area contributed by atoms with Gasteiger partial charge in [0.05, 0.1) is 16.9 Å². The summed E-state index contributed by atoms with van der Waals surface area (Å²) >= 11 is 0. The van der Waals surface area contributed by atoms with E-state index in [-0.39, 0.29) is 28.4 Å². The van der Waals surface area contributed by atoms with Gasteiger partial charge in [-0.2, -0.15) is 0 Å². The Morgan fingerprint density at radius 2 is 1.91 bits per heavy atom. The average Bonchev–Trinajstić information content (AvgIpc) is 2.51. The highest BCUT2D eigenvalue weighted by Gasteiger charge is 2.13. The van der Waals surface area contributed by atoms with E-state index in [1.54, 1.807) is 6.07 Å². The predicted molar refractivity (Wildman–Crippen MR) is 78.5 cm³/mol. The second-order valence-electron chi connectivity index (χ2n) is 4.21. The number of rotatable bonds is 5. The van der Waals surface area contributed by atoms with Crippen LogP contribution in [0.1, 0.15) is 20.8 Å². The number of hydrogen-bond acceptors (Lipinski definition) is 5. The number of benzene rings is 1. The molecule has 2 rings (SSSR count). The highest BCUT2D eigenvalue weighted by atomic mass is 16.3. The number of nitrogens with one attached hydrogen (secondary N) is 2. The van der Waals surface area contributed by atoms with E-state index in [0.29, 0.717) is 6.41 Å². The highest BCUT2D eigenvalue weighted by molar-refractivity contribution is 6.04. The summed E-state index contributed by atoms with van der Waals surface area (Å²) in [6.07, 6.45) is 1.59. The number of nitrogens with zero attached hydrogens (tertiary/aromatic N) is 1. The van der Waals surface area contributed by atoms with E-state index in [1.807, 2.05) is 0 Å². The first kappa shape index (κ1) is 15.0. The fraction of sp³-hybridized carbons (Fsp3) is 0. The van der Waals surface area contributed by atoms with Gasteiger partial charge in [-0.05, 0) is 24.3 Å². The Kier molecular flexibility index (Phi) is 4.33. The molecule has 8 nitrogen and oxygen atoms in total. The Balaban J connectivity index is 2.20. The van der Waals surface area contributed by atoms with E-state index >= 15 is 0 Å². The first-order chi connectivity index (χ1) is 10.5. The molecule has 22 heavy (non-hydrogen) atoms. The molecule has 0 spiro atoms. The van der Waals surface area contributed by atoms with Crippen LogP contribution in [0.3, 0.4) is 0 Å². The summed E-state index contributed by atoms with van der Waals surface area (Å²) in [6.45, 7) is 0. The van der Waals surface area contributed by atoms with E-state index in [1.165, 1.54) is 30.5 Å². The van der Waals surface area contributed by atoms with Gasteiger partial charge in [-0.1, -0.05) is 6.07 Å². The van der Waals surface area contributed by atoms with Gasteiger partial charge in [0.15, 0.2) is 5.75 Å². The van der Waals surface area contributed by atoms with Crippen molar-refractivity contribution < 1.29 is 19.5 Å². The van der Waals surface area contributed by atoms with Crippen molar-refractivity contribution in [2.75, 3.05) is 10.6 Å². The van der Waals surface area contributed by atoms with E-state index < -0.39 is 11.8 Å². The van der Waals surface area contributed by atoms with Gasteiger partial charge in [0.1, 0.15) is 5.69 Å². The molecule has 0 atom stereocenters. The molecule has 0 saturated heterocycles. The molecular weight excluding hydrogens is 288 g/mol. The zero-order valence-corrected chi connectivity index (χ0v) is 11.2. The van der Waals surface area contributed by atoms with Crippen molar-refractivity contribution >= 4 is 29.6 Å². The normalized spacial score (nSPS) is 9.82. The number of aromatic hydroxyl groups is 1. The van der Waals surface area contributed by atoms with Crippen LogP contribution < -0.4 is 16.4 Å². The van der Waals surface area contributed by atoms with Gasteiger partial charge in [-0.25, -0.2) is 0 Å². The maximum absolute atomic E-state index is 12.0. The summed E-state index contributed by atoms with van der Waals surface area (Å²) in [4.78, 5) is 37.2. The Morgan fingerprint density at radius 3 is 2.50 bits per heavy atom. The van der Waals surface area contributed by atoms with Gasteiger partial charge >= 0.3 is 0 Å². The van der Waals surface area contributed by atoms with Crippen LogP contribution in [0.2, 0.25) is 0 Å². The average molecular weight is 300 g/mol. The minimum Gasteiger partial charge on any atom is -0.504 e. The van der Waals surface area contributed by atoms with Crippen molar-refractivity contribution in [1.82, 2.24) is 4.98 Å². The Morgan fingerprint density at radius 1 is 1.18 bits per heavy atom. The molecule has 8 heteroatoms. The summed E-state index contributed by atoms with van der Waals surface area (Å²) in [7, 11) is 0. The largest absolute Gasteiger partial charge is 0.504 e. The van der Waals surface area contributed by atoms with Crippen molar-refractivity contribution in [2.45, 2.75) is 0 Å². The first-order valence-corrected chi connectivity index (χ1v) is 6.12. The number of nitrogens with two attached hydrogens (primary N) is 1. The first-order valence-electron chi connectivity index (χ1n) is 6.12. The number of para-hydroxylation sites is 1. The second kappa shape index (κ2) is 6.35. The smallest absolute Gasteiger partial charge is 0.274 e. The molecule has 1 heterocycles. The molecule has 0 aliphatic carbocycles. The maximum atomic E-state index is 12.0. The summed E-state index contributed by atoms with van der Waals surface area (Å²) in [5.74, 6) is -1.52. The molecule has 0 aliphatic rings. The second-order valence-corrected chi connectivity index (χ2v) is 4.21. The van der Waals surface area contributed by atoms with Crippen LogP contribution in [0.25, 0.3) is 0 Å². The van der Waals surface area contributed by atoms with Crippen LogP contribution in [0.4, 0.5) is 11.4 Å². The highest BCUT2D eigenvalue weighted by Crippen LogP contribution is 2.31. The predicted octanol–water partition coefficient (Wildman–Crippen LogP) is 0.707. The topological polar surface area (TPSA) is 134 Å². The molecule has 0 saturated carbocycles. The Hall–Kier alpha value is -3.42. The zero-order valence-electron chi connectivity index (χ0n) is 11.2. The number of hydrogen-bond donors (Lipinski definition) is 4. The van der Waals surface area contributed by atoms with Crippen molar-refractivity contribution in [1.29, 1.82) is 0 Å². The van der Waals surface area contributed by atoms with Crippen molar-refractivity contribution in [3.63, 3.8) is 0 Å². The van der Waals surface area contributed by atoms with Crippen LogP contribution >= 0.6 is 0 Å². The van der Waals surface area contributed by atoms with Crippen LogP contribution in [-0.2, 0) is 4.79 Å². The van der Waals surface area contributed by atoms with Crippen molar-refractivity contribution in [3.05, 3.63) is 47.8 Å². The summed E-state index contributed by atoms with van der Waals surface area (Å²) < 4.78 is 0. The third kappa shape index (κ3) is 3.18. The minimum atomic E-state index is -0.648. The van der Waals surface area contributed by atoms with Gasteiger partial charge in [0, 0.05) is 6.20 Å². The third-order valence-corrected chi connectivity index (χ3v) is 2.78. The quantitative estimate of drug-likeness (QED) is 0.476. The summed E-state index contributed by atoms with van der Waals surface area (Å²) in [5, 5.41) is 14.7. The summed E-state index contributed by atoms with van der Waals surface area (Å²) in [5.41, 5.74) is 5.56. The lowest BCUT2D eigenvalue weighted by molar-refractivity contribution is -0.105. The van der Waals surface area contributed by atoms with Gasteiger partial charge < -0.3 is 21.5 Å². The Labute approximate surface area is 125 Å². The number of phenols is 1. The van der Waals surface area contributed by atoms with Crippen LogP contribution in [-0.4, -0.2) is 28.3 Å². The molecule has 0 aliphatic heterocycles. The van der Waals surface area contributed by atoms with Gasteiger partial charge in [0.2, 0.25) is 12.3 Å². The van der Waals surface area contributed by atoms with Crippen LogP contribution in [0, 0.1) is 0 Å². The molecule has 1 aromatic heterocycles. The lowest BCUT2D eigenvalue weighted by Crippen LogP contribution is -2.16. The van der Waals surface area contributed by atoms with Gasteiger partial charge in [0.25, 0.3) is 5.91 Å². The van der Waals surface area contributed by atoms with Gasteiger partial charge in [-0.15, -0.1) is 0 Å². The van der Waals surface area contributed by atoms with E-state index in [0.717, 1.165) is 0 Å². The molecule has 3 amide bonds. The third-order valence-electron chi connectivity index (χ3n) is 2.78. The maximum Gasteiger partial charge on any atom is 0.274 e. The molecule has 2 aromatic rings. The monoisotopic (exact) mass is 300 g/mol. The number of anilines is 2. The minimum absolute atomic E-state index is 0.0400. The van der Waals surface area contributed by atoms with Gasteiger partial charge in [-0.3, -0.25) is 19.4 Å². The zero-order chi connectivity index (χ0) is 16.1. The molecule has 112 valence electrons. The SMILES string of the molecule is NC(=O)c1ccc(C(=O)Nc2cccc(NC=O)c2O)nc1. The van der Waals surface area contributed by atoms with E-state index in [2.05, 4.69) is 15.6 Å². The van der Waals surface area contributed by atoms with Crippen LogP contribution in [0.5, 0.6) is 5.75 Å². The number of primary amides is 1. The number of carbonyl (C=O) groups excluding carboxylic acids is 3.